The maximum atomic E-state index is 12.4. The molecule has 0 spiro atoms. The highest BCUT2D eigenvalue weighted by atomic mass is 16.3. The van der Waals surface area contributed by atoms with E-state index in [9.17, 15) is 9.59 Å². The number of hydrogen-bond donors (Lipinski definition) is 0. The molecule has 2 heterocycles. The van der Waals surface area contributed by atoms with Crippen LogP contribution in [-0.2, 0) is 0 Å². The van der Waals surface area contributed by atoms with Gasteiger partial charge in [-0.1, -0.05) is 6.08 Å². The van der Waals surface area contributed by atoms with Gasteiger partial charge in [0.25, 0.3) is 0 Å². The lowest BCUT2D eigenvalue weighted by atomic mass is 9.81. The molecule has 0 N–H and O–H groups in total. The predicted octanol–water partition coefficient (Wildman–Crippen LogP) is 4.05. The van der Waals surface area contributed by atoms with Crippen LogP contribution in [0.1, 0.15) is 46.8 Å². The van der Waals surface area contributed by atoms with Gasteiger partial charge in [-0.3, -0.25) is 9.59 Å². The van der Waals surface area contributed by atoms with Crippen molar-refractivity contribution in [3.05, 3.63) is 60.0 Å². The minimum atomic E-state index is -0.114. The Morgan fingerprint density at radius 3 is 2.48 bits per heavy atom. The van der Waals surface area contributed by atoms with Gasteiger partial charge in [0, 0.05) is 12.0 Å². The van der Waals surface area contributed by atoms with Crippen LogP contribution in [0.2, 0.25) is 0 Å². The molecular formula is C17H16O4. The molecule has 108 valence electrons. The Labute approximate surface area is 122 Å². The van der Waals surface area contributed by atoms with Crippen LogP contribution in [0, 0.1) is 5.92 Å². The number of Topliss-reactive ketones (excluding diaryl/α,β-unsaturated/α-hetero) is 2. The van der Waals surface area contributed by atoms with Crippen LogP contribution in [-0.4, -0.2) is 11.6 Å². The van der Waals surface area contributed by atoms with Gasteiger partial charge in [0.05, 0.1) is 12.5 Å². The summed E-state index contributed by atoms with van der Waals surface area (Å²) in [4.78, 5) is 24.6. The van der Waals surface area contributed by atoms with E-state index in [0.29, 0.717) is 23.5 Å². The van der Waals surface area contributed by atoms with E-state index < -0.39 is 0 Å². The van der Waals surface area contributed by atoms with Crippen molar-refractivity contribution in [1.29, 1.82) is 0 Å². The van der Waals surface area contributed by atoms with Crippen LogP contribution >= 0.6 is 0 Å². The summed E-state index contributed by atoms with van der Waals surface area (Å²) in [6.45, 7) is 0. The summed E-state index contributed by atoms with van der Waals surface area (Å²) in [5.74, 6) is 0.444. The van der Waals surface area contributed by atoms with Crippen LogP contribution < -0.4 is 0 Å². The summed E-state index contributed by atoms with van der Waals surface area (Å²) in [6.07, 6.45) is 7.90. The van der Waals surface area contributed by atoms with E-state index in [4.69, 9.17) is 8.83 Å². The molecule has 0 aromatic carbocycles. The normalized spacial score (nSPS) is 18.3. The lowest BCUT2D eigenvalue weighted by molar-refractivity contribution is 0.0925. The highest BCUT2D eigenvalue weighted by Gasteiger charge is 2.28. The molecule has 0 aliphatic heterocycles. The summed E-state index contributed by atoms with van der Waals surface area (Å²) in [5, 5.41) is 0. The first-order chi connectivity index (χ1) is 10.3. The lowest BCUT2D eigenvalue weighted by Crippen LogP contribution is -2.19. The van der Waals surface area contributed by atoms with Crippen molar-refractivity contribution in [1.82, 2.24) is 0 Å². The van der Waals surface area contributed by atoms with E-state index >= 15 is 0 Å². The van der Waals surface area contributed by atoms with Crippen molar-refractivity contribution in [3.8, 4) is 0 Å². The number of ketones is 2. The van der Waals surface area contributed by atoms with Crippen LogP contribution in [0.25, 0.3) is 0 Å². The van der Waals surface area contributed by atoms with Gasteiger partial charge in [-0.05, 0) is 49.4 Å². The second-order valence-corrected chi connectivity index (χ2v) is 5.20. The summed E-state index contributed by atoms with van der Waals surface area (Å²) in [6, 6.07) is 6.70. The number of furan rings is 2. The summed E-state index contributed by atoms with van der Waals surface area (Å²) < 4.78 is 10.3. The van der Waals surface area contributed by atoms with Gasteiger partial charge in [0.15, 0.2) is 17.3 Å². The average Bonchev–Trinajstić information content (AvgIpc) is 3.20. The molecule has 4 nitrogen and oxygen atoms in total. The summed E-state index contributed by atoms with van der Waals surface area (Å²) in [7, 11) is 0. The first-order valence-electron chi connectivity index (χ1n) is 7.10. The number of carbonyl (C=O) groups excluding carboxylic acids is 2. The van der Waals surface area contributed by atoms with Gasteiger partial charge in [-0.25, -0.2) is 0 Å². The number of hydrogen-bond acceptors (Lipinski definition) is 4. The Kier molecular flexibility index (Phi) is 3.86. The minimum Gasteiger partial charge on any atom is -0.461 e. The maximum Gasteiger partial charge on any atom is 0.224 e. The van der Waals surface area contributed by atoms with Crippen molar-refractivity contribution in [2.45, 2.75) is 25.7 Å². The quantitative estimate of drug-likeness (QED) is 0.777. The van der Waals surface area contributed by atoms with Gasteiger partial charge in [-0.15, -0.1) is 0 Å². The number of carbonyl (C=O) groups is 2. The molecule has 2 aromatic heterocycles. The van der Waals surface area contributed by atoms with Crippen molar-refractivity contribution in [3.63, 3.8) is 0 Å². The Morgan fingerprint density at radius 1 is 1.10 bits per heavy atom. The molecule has 0 saturated carbocycles. The highest BCUT2D eigenvalue weighted by Crippen LogP contribution is 2.31. The van der Waals surface area contributed by atoms with Crippen LogP contribution in [0.4, 0.5) is 0 Å². The first-order valence-corrected chi connectivity index (χ1v) is 7.10. The van der Waals surface area contributed by atoms with Crippen molar-refractivity contribution >= 4 is 11.6 Å². The van der Waals surface area contributed by atoms with Crippen LogP contribution in [0.15, 0.2) is 57.3 Å². The van der Waals surface area contributed by atoms with E-state index in [0.717, 1.165) is 19.3 Å². The van der Waals surface area contributed by atoms with E-state index in [1.807, 2.05) is 6.08 Å². The number of allylic oxidation sites excluding steroid dienone is 2. The molecule has 1 atom stereocenters. The molecule has 2 aromatic rings. The fourth-order valence-electron chi connectivity index (χ4n) is 2.75. The Balaban J connectivity index is 1.77. The molecule has 0 amide bonds. The molecule has 0 saturated heterocycles. The molecule has 0 fully saturated rings. The fraction of sp³-hybridized carbons (Fsp3) is 0.294. The van der Waals surface area contributed by atoms with Crippen molar-refractivity contribution in [2.24, 2.45) is 5.92 Å². The molecule has 3 rings (SSSR count). The molecule has 1 aliphatic rings. The first kappa shape index (κ1) is 13.6. The SMILES string of the molecule is O=C(CC1CCCC=C1C(=O)c1ccco1)c1ccco1. The number of rotatable bonds is 5. The second-order valence-electron chi connectivity index (χ2n) is 5.20. The molecule has 0 radical (unpaired) electrons. The van der Waals surface area contributed by atoms with Gasteiger partial charge >= 0.3 is 0 Å². The lowest BCUT2D eigenvalue weighted by Gasteiger charge is -2.22. The standard InChI is InChI=1S/C17H16O4/c18-14(15-7-3-9-20-15)11-12-5-1-2-6-13(12)17(19)16-8-4-10-21-16/h3-4,6-10,12H,1-2,5,11H2. The largest absolute Gasteiger partial charge is 0.461 e. The third-order valence-electron chi connectivity index (χ3n) is 3.80. The smallest absolute Gasteiger partial charge is 0.224 e. The van der Waals surface area contributed by atoms with Crippen LogP contribution in [0.5, 0.6) is 0 Å². The zero-order valence-corrected chi connectivity index (χ0v) is 11.6. The van der Waals surface area contributed by atoms with Gasteiger partial charge in [0.1, 0.15) is 0 Å². The third-order valence-corrected chi connectivity index (χ3v) is 3.80. The van der Waals surface area contributed by atoms with Gasteiger partial charge in [-0.2, -0.15) is 0 Å². The Morgan fingerprint density at radius 2 is 1.81 bits per heavy atom. The highest BCUT2D eigenvalue weighted by molar-refractivity contribution is 6.07. The topological polar surface area (TPSA) is 60.4 Å². The Hall–Kier alpha value is -2.36. The van der Waals surface area contributed by atoms with Gasteiger partial charge in [0.2, 0.25) is 5.78 Å². The molecule has 4 heteroatoms. The van der Waals surface area contributed by atoms with E-state index in [1.54, 1.807) is 24.3 Å². The van der Waals surface area contributed by atoms with Gasteiger partial charge < -0.3 is 8.83 Å². The minimum absolute atomic E-state index is 0.0612. The van der Waals surface area contributed by atoms with Crippen molar-refractivity contribution < 1.29 is 18.4 Å². The molecule has 21 heavy (non-hydrogen) atoms. The Bertz CT molecular complexity index is 647. The molecule has 1 aliphatic carbocycles. The fourth-order valence-corrected chi connectivity index (χ4v) is 2.75. The monoisotopic (exact) mass is 284 g/mol. The van der Waals surface area contributed by atoms with Crippen molar-refractivity contribution in [2.75, 3.05) is 0 Å². The molecular weight excluding hydrogens is 268 g/mol. The maximum absolute atomic E-state index is 12.4. The predicted molar refractivity (Wildman–Crippen MR) is 76.1 cm³/mol. The zero-order valence-electron chi connectivity index (χ0n) is 11.6. The van der Waals surface area contributed by atoms with E-state index in [-0.39, 0.29) is 17.5 Å². The summed E-state index contributed by atoms with van der Waals surface area (Å²) >= 11 is 0. The second kappa shape index (κ2) is 5.95. The molecule has 0 bridgehead atoms. The average molecular weight is 284 g/mol. The molecule has 1 unspecified atom stereocenters. The third kappa shape index (κ3) is 2.89. The zero-order chi connectivity index (χ0) is 14.7. The summed E-state index contributed by atoms with van der Waals surface area (Å²) in [5.41, 5.74) is 0.691. The van der Waals surface area contributed by atoms with E-state index in [2.05, 4.69) is 0 Å². The van der Waals surface area contributed by atoms with E-state index in [1.165, 1.54) is 12.5 Å². The van der Waals surface area contributed by atoms with Crippen LogP contribution in [0.3, 0.4) is 0 Å².